The third-order valence-corrected chi connectivity index (χ3v) is 2.09. The Hall–Kier alpha value is -3.14. The molecule has 0 radical (unpaired) electrons. The van der Waals surface area contributed by atoms with Crippen LogP contribution >= 0.6 is 0 Å². The predicted octanol–water partition coefficient (Wildman–Crippen LogP) is 1.31. The first-order valence-corrected chi connectivity index (χ1v) is 7.32. The number of esters is 2. The SMILES string of the molecule is C=CCOC(=O)OCCOCCOC(=O)OCC=C.O=C1C=CC(=O)O1. The summed E-state index contributed by atoms with van der Waals surface area (Å²) >= 11 is 0. The van der Waals surface area contributed by atoms with Crippen LogP contribution < -0.4 is 0 Å². The first-order valence-electron chi connectivity index (χ1n) is 7.32. The zero-order valence-corrected chi connectivity index (χ0v) is 14.0. The van der Waals surface area contributed by atoms with Crippen molar-refractivity contribution in [2.75, 3.05) is 39.6 Å². The first kappa shape index (κ1) is 22.9. The van der Waals surface area contributed by atoms with Crippen LogP contribution in [0.15, 0.2) is 37.5 Å². The van der Waals surface area contributed by atoms with E-state index in [-0.39, 0.29) is 39.6 Å². The molecule has 0 aliphatic carbocycles. The van der Waals surface area contributed by atoms with Crippen LogP contribution in [0.3, 0.4) is 0 Å². The number of carbonyl (C=O) groups is 4. The standard InChI is InChI=1S/C12H18O7.C4H2O3/c1-3-5-16-11(13)18-9-7-15-8-10-19-12(14)17-6-4-2;5-3-1-2-4(6)7-3/h3-4H,1-2,5-10H2;1-2H. The van der Waals surface area contributed by atoms with Crippen molar-refractivity contribution in [1.82, 2.24) is 0 Å². The molecule has 0 unspecified atom stereocenters. The third-order valence-electron chi connectivity index (χ3n) is 2.09. The van der Waals surface area contributed by atoms with E-state index in [1.807, 2.05) is 0 Å². The Bertz CT molecular complexity index is 479. The minimum atomic E-state index is -0.784. The fourth-order valence-corrected chi connectivity index (χ4v) is 1.11. The molecule has 26 heavy (non-hydrogen) atoms. The number of rotatable bonds is 10. The molecule has 10 nitrogen and oxygen atoms in total. The molecule has 1 aliphatic rings. The molecule has 0 aromatic carbocycles. The maximum atomic E-state index is 10.8. The molecule has 0 spiro atoms. The van der Waals surface area contributed by atoms with Crippen LogP contribution in [0, 0.1) is 0 Å². The number of hydrogen-bond donors (Lipinski definition) is 0. The lowest BCUT2D eigenvalue weighted by Crippen LogP contribution is -2.15. The molecule has 0 atom stereocenters. The van der Waals surface area contributed by atoms with E-state index >= 15 is 0 Å². The number of carbonyl (C=O) groups excluding carboxylic acids is 4. The van der Waals surface area contributed by atoms with Crippen molar-refractivity contribution in [3.8, 4) is 0 Å². The van der Waals surface area contributed by atoms with Gasteiger partial charge < -0.3 is 28.4 Å². The van der Waals surface area contributed by atoms with Gasteiger partial charge in [0.15, 0.2) is 0 Å². The van der Waals surface area contributed by atoms with Crippen LogP contribution in [0.25, 0.3) is 0 Å². The highest BCUT2D eigenvalue weighted by Gasteiger charge is 2.10. The Morgan fingerprint density at radius 3 is 1.54 bits per heavy atom. The van der Waals surface area contributed by atoms with Crippen LogP contribution in [-0.2, 0) is 38.0 Å². The molecule has 1 aliphatic heterocycles. The first-order chi connectivity index (χ1) is 12.5. The Kier molecular flexibility index (Phi) is 13.5. The monoisotopic (exact) mass is 372 g/mol. The summed E-state index contributed by atoms with van der Waals surface area (Å²) in [6, 6.07) is 0. The van der Waals surface area contributed by atoms with Crippen LogP contribution in [0.2, 0.25) is 0 Å². The molecule has 0 aromatic heterocycles. The molecule has 0 aromatic rings. The van der Waals surface area contributed by atoms with Gasteiger partial charge in [-0.25, -0.2) is 19.2 Å². The molecule has 1 rings (SSSR count). The minimum absolute atomic E-state index is 0.0525. The second kappa shape index (κ2) is 15.4. The van der Waals surface area contributed by atoms with E-state index in [1.54, 1.807) is 0 Å². The summed E-state index contributed by atoms with van der Waals surface area (Å²) in [4.78, 5) is 41.5. The molecule has 0 saturated heterocycles. The fraction of sp³-hybridized carbons (Fsp3) is 0.375. The molecule has 0 amide bonds. The summed E-state index contributed by atoms with van der Waals surface area (Å²) in [6.07, 6.45) is 3.46. The summed E-state index contributed by atoms with van der Waals surface area (Å²) in [6.45, 7) is 7.41. The van der Waals surface area contributed by atoms with Gasteiger partial charge in [-0.2, -0.15) is 0 Å². The largest absolute Gasteiger partial charge is 0.508 e. The lowest BCUT2D eigenvalue weighted by Gasteiger charge is -2.06. The van der Waals surface area contributed by atoms with Crippen molar-refractivity contribution >= 4 is 24.2 Å². The highest BCUT2D eigenvalue weighted by atomic mass is 16.7. The Labute approximate surface area is 149 Å². The normalized spacial score (nSPS) is 11.5. The predicted molar refractivity (Wildman–Crippen MR) is 86.1 cm³/mol. The fourth-order valence-electron chi connectivity index (χ4n) is 1.11. The van der Waals surface area contributed by atoms with E-state index in [0.29, 0.717) is 0 Å². The zero-order valence-electron chi connectivity index (χ0n) is 14.0. The number of ether oxygens (including phenoxy) is 6. The molecule has 0 N–H and O–H groups in total. The summed E-state index contributed by atoms with van der Waals surface area (Å²) in [7, 11) is 0. The summed E-state index contributed by atoms with van der Waals surface area (Å²) < 4.78 is 27.4. The van der Waals surface area contributed by atoms with Crippen molar-refractivity contribution in [2.45, 2.75) is 0 Å². The molecule has 0 fully saturated rings. The van der Waals surface area contributed by atoms with Crippen molar-refractivity contribution in [3.05, 3.63) is 37.5 Å². The Balaban J connectivity index is 0.000000735. The van der Waals surface area contributed by atoms with Gasteiger partial charge in [0, 0.05) is 12.2 Å². The molecule has 144 valence electrons. The van der Waals surface area contributed by atoms with Gasteiger partial charge in [0.1, 0.15) is 26.4 Å². The van der Waals surface area contributed by atoms with Crippen molar-refractivity contribution in [1.29, 1.82) is 0 Å². The lowest BCUT2D eigenvalue weighted by molar-refractivity contribution is -0.150. The van der Waals surface area contributed by atoms with Gasteiger partial charge in [0.25, 0.3) is 0 Å². The Morgan fingerprint density at radius 1 is 0.808 bits per heavy atom. The maximum absolute atomic E-state index is 10.8. The van der Waals surface area contributed by atoms with Gasteiger partial charge in [0.2, 0.25) is 0 Å². The van der Waals surface area contributed by atoms with Gasteiger partial charge in [0.05, 0.1) is 13.2 Å². The van der Waals surface area contributed by atoms with Crippen LogP contribution in [0.4, 0.5) is 9.59 Å². The van der Waals surface area contributed by atoms with Crippen LogP contribution in [-0.4, -0.2) is 63.9 Å². The number of hydrogen-bond acceptors (Lipinski definition) is 10. The van der Waals surface area contributed by atoms with Crippen LogP contribution in [0.1, 0.15) is 0 Å². The molecular formula is C16H20O10. The zero-order chi connectivity index (χ0) is 19.6. The smallest absolute Gasteiger partial charge is 0.432 e. The van der Waals surface area contributed by atoms with Gasteiger partial charge >= 0.3 is 24.2 Å². The summed E-state index contributed by atoms with van der Waals surface area (Å²) in [5.74, 6) is -1.16. The summed E-state index contributed by atoms with van der Waals surface area (Å²) in [5.41, 5.74) is 0. The maximum Gasteiger partial charge on any atom is 0.508 e. The molecular weight excluding hydrogens is 352 g/mol. The molecule has 0 bridgehead atoms. The average molecular weight is 372 g/mol. The average Bonchev–Trinajstić information content (AvgIpc) is 3.00. The van der Waals surface area contributed by atoms with Crippen molar-refractivity contribution in [3.63, 3.8) is 0 Å². The highest BCUT2D eigenvalue weighted by Crippen LogP contribution is 1.92. The number of cyclic esters (lactones) is 2. The van der Waals surface area contributed by atoms with Gasteiger partial charge in [-0.1, -0.05) is 25.3 Å². The van der Waals surface area contributed by atoms with Crippen molar-refractivity contribution in [2.24, 2.45) is 0 Å². The summed E-state index contributed by atoms with van der Waals surface area (Å²) in [5, 5.41) is 0. The van der Waals surface area contributed by atoms with E-state index in [9.17, 15) is 19.2 Å². The molecule has 10 heteroatoms. The van der Waals surface area contributed by atoms with Gasteiger partial charge in [-0.05, 0) is 0 Å². The quantitative estimate of drug-likeness (QED) is 0.182. The second-order valence-corrected chi connectivity index (χ2v) is 4.08. The lowest BCUT2D eigenvalue weighted by atomic mass is 10.6. The van der Waals surface area contributed by atoms with E-state index in [1.165, 1.54) is 12.2 Å². The Morgan fingerprint density at radius 2 is 1.23 bits per heavy atom. The second-order valence-electron chi connectivity index (χ2n) is 4.08. The topological polar surface area (TPSA) is 124 Å². The highest BCUT2D eigenvalue weighted by molar-refractivity contribution is 6.04. The van der Waals surface area contributed by atoms with Gasteiger partial charge in [-0.3, -0.25) is 0 Å². The minimum Gasteiger partial charge on any atom is -0.432 e. The van der Waals surface area contributed by atoms with E-state index in [4.69, 9.17) is 4.74 Å². The molecule has 1 heterocycles. The third kappa shape index (κ3) is 14.5. The van der Waals surface area contributed by atoms with E-state index < -0.39 is 24.2 Å². The van der Waals surface area contributed by atoms with Crippen LogP contribution in [0.5, 0.6) is 0 Å². The van der Waals surface area contributed by atoms with Crippen molar-refractivity contribution < 1.29 is 47.6 Å². The van der Waals surface area contributed by atoms with E-state index in [2.05, 4.69) is 36.8 Å². The van der Waals surface area contributed by atoms with Gasteiger partial charge in [-0.15, -0.1) is 0 Å². The van der Waals surface area contributed by atoms with E-state index in [0.717, 1.165) is 12.2 Å². The molecule has 0 saturated carbocycles.